The molecule has 0 fully saturated rings. The van der Waals surface area contributed by atoms with Crippen LogP contribution in [-0.4, -0.2) is 55.6 Å². The number of hydrogen-bond acceptors (Lipinski definition) is 9. The van der Waals surface area contributed by atoms with E-state index in [1.54, 1.807) is 38.4 Å². The highest BCUT2D eigenvalue weighted by atomic mass is 32.2. The number of anilines is 1. The SMILES string of the molecule is CCOC(=O)CSc1cnc(NC(=O)c2cc(OCCc3ccccc3)cc(O[C@@H](C)COC)c2)s1. The topological polar surface area (TPSA) is 96.0 Å². The first kappa shape index (κ1) is 27.5. The van der Waals surface area contributed by atoms with Crippen LogP contribution in [0, 0.1) is 0 Å². The third kappa shape index (κ3) is 9.18. The molecule has 3 rings (SSSR count). The van der Waals surface area contributed by atoms with E-state index in [1.165, 1.54) is 23.1 Å². The minimum Gasteiger partial charge on any atom is -0.493 e. The minimum absolute atomic E-state index is 0.187. The lowest BCUT2D eigenvalue weighted by atomic mass is 10.1. The Balaban J connectivity index is 1.67. The van der Waals surface area contributed by atoms with E-state index in [0.717, 1.165) is 16.2 Å². The van der Waals surface area contributed by atoms with Crippen LogP contribution in [0.3, 0.4) is 0 Å². The Labute approximate surface area is 219 Å². The molecule has 0 radical (unpaired) electrons. The van der Waals surface area contributed by atoms with Crippen LogP contribution in [-0.2, 0) is 20.7 Å². The minimum atomic E-state index is -0.343. The fraction of sp³-hybridized carbons (Fsp3) is 0.346. The van der Waals surface area contributed by atoms with Gasteiger partial charge in [-0.05, 0) is 31.5 Å². The number of hydrogen-bond donors (Lipinski definition) is 1. The summed E-state index contributed by atoms with van der Waals surface area (Å²) in [4.78, 5) is 28.8. The zero-order chi connectivity index (χ0) is 25.8. The van der Waals surface area contributed by atoms with Crippen molar-refractivity contribution < 1.29 is 28.5 Å². The van der Waals surface area contributed by atoms with Gasteiger partial charge < -0.3 is 18.9 Å². The number of esters is 1. The van der Waals surface area contributed by atoms with Crippen molar-refractivity contribution in [3.05, 3.63) is 65.9 Å². The first-order chi connectivity index (χ1) is 17.5. The number of methoxy groups -OCH3 is 1. The second-order valence-electron chi connectivity index (χ2n) is 7.69. The van der Waals surface area contributed by atoms with Gasteiger partial charge >= 0.3 is 5.97 Å². The monoisotopic (exact) mass is 530 g/mol. The van der Waals surface area contributed by atoms with Crippen molar-refractivity contribution in [1.82, 2.24) is 4.98 Å². The van der Waals surface area contributed by atoms with Gasteiger partial charge in [0.2, 0.25) is 0 Å². The van der Waals surface area contributed by atoms with Crippen LogP contribution in [0.15, 0.2) is 58.9 Å². The summed E-state index contributed by atoms with van der Waals surface area (Å²) in [5.74, 6) is 0.589. The fourth-order valence-corrected chi connectivity index (χ4v) is 4.84. The molecule has 10 heteroatoms. The molecule has 0 saturated heterocycles. The number of thiazole rings is 1. The molecular weight excluding hydrogens is 500 g/mol. The van der Waals surface area contributed by atoms with Crippen molar-refractivity contribution in [2.75, 3.05) is 38.0 Å². The highest BCUT2D eigenvalue weighted by Gasteiger charge is 2.15. The van der Waals surface area contributed by atoms with Crippen LogP contribution in [0.2, 0.25) is 0 Å². The van der Waals surface area contributed by atoms with Gasteiger partial charge in [0.1, 0.15) is 17.6 Å². The molecular formula is C26H30N2O6S2. The number of benzene rings is 2. The molecule has 1 atom stereocenters. The lowest BCUT2D eigenvalue weighted by Crippen LogP contribution is -2.19. The van der Waals surface area contributed by atoms with Crippen LogP contribution in [0.25, 0.3) is 0 Å². The van der Waals surface area contributed by atoms with E-state index in [2.05, 4.69) is 10.3 Å². The summed E-state index contributed by atoms with van der Waals surface area (Å²) < 4.78 is 22.8. The Bertz CT molecular complexity index is 1120. The lowest BCUT2D eigenvalue weighted by Gasteiger charge is -2.16. The van der Waals surface area contributed by atoms with Crippen LogP contribution in [0.5, 0.6) is 11.5 Å². The summed E-state index contributed by atoms with van der Waals surface area (Å²) in [6.07, 6.45) is 2.15. The molecule has 1 aromatic heterocycles. The van der Waals surface area contributed by atoms with Gasteiger partial charge in [0.05, 0.1) is 36.0 Å². The third-order valence-electron chi connectivity index (χ3n) is 4.73. The van der Waals surface area contributed by atoms with Crippen LogP contribution in [0.1, 0.15) is 29.8 Å². The summed E-state index contributed by atoms with van der Waals surface area (Å²) in [6, 6.07) is 15.1. The molecule has 192 valence electrons. The highest BCUT2D eigenvalue weighted by molar-refractivity contribution is 8.01. The smallest absolute Gasteiger partial charge is 0.316 e. The number of amides is 1. The number of nitrogens with one attached hydrogen (secondary N) is 1. The molecule has 0 saturated carbocycles. The van der Waals surface area contributed by atoms with Crippen molar-refractivity contribution in [3.8, 4) is 11.5 Å². The quantitative estimate of drug-likeness (QED) is 0.228. The van der Waals surface area contributed by atoms with Crippen molar-refractivity contribution >= 4 is 40.1 Å². The Morgan fingerprint density at radius 2 is 1.92 bits per heavy atom. The Hall–Kier alpha value is -3.08. The first-order valence-electron chi connectivity index (χ1n) is 11.5. The number of aromatic nitrogens is 1. The number of carbonyl (C=O) groups excluding carboxylic acids is 2. The van der Waals surface area contributed by atoms with E-state index in [1.807, 2.05) is 37.3 Å². The zero-order valence-electron chi connectivity index (χ0n) is 20.5. The molecule has 0 unspecified atom stereocenters. The van der Waals surface area contributed by atoms with Gasteiger partial charge in [0.15, 0.2) is 5.13 Å². The molecule has 0 aliphatic heterocycles. The predicted octanol–water partition coefficient (Wildman–Crippen LogP) is 5.09. The average molecular weight is 531 g/mol. The van der Waals surface area contributed by atoms with Gasteiger partial charge in [0, 0.05) is 25.2 Å². The number of ether oxygens (including phenoxy) is 4. The maximum Gasteiger partial charge on any atom is 0.316 e. The Kier molecular flexibility index (Phi) is 11.1. The largest absolute Gasteiger partial charge is 0.493 e. The number of thioether (sulfide) groups is 1. The third-order valence-corrected chi connectivity index (χ3v) is 6.81. The number of nitrogens with zero attached hydrogens (tertiary/aromatic N) is 1. The Morgan fingerprint density at radius 3 is 2.67 bits per heavy atom. The van der Waals surface area contributed by atoms with Crippen LogP contribution < -0.4 is 14.8 Å². The molecule has 0 spiro atoms. The van der Waals surface area contributed by atoms with E-state index in [0.29, 0.717) is 42.0 Å². The summed E-state index contributed by atoms with van der Waals surface area (Å²) in [6.45, 7) is 4.86. The summed E-state index contributed by atoms with van der Waals surface area (Å²) >= 11 is 2.60. The maximum atomic E-state index is 13.0. The van der Waals surface area contributed by atoms with E-state index in [9.17, 15) is 9.59 Å². The molecule has 1 heterocycles. The summed E-state index contributed by atoms with van der Waals surface area (Å²) in [7, 11) is 1.61. The predicted molar refractivity (Wildman–Crippen MR) is 141 cm³/mol. The second-order valence-corrected chi connectivity index (χ2v) is 10.00. The molecule has 1 amide bonds. The Morgan fingerprint density at radius 1 is 1.14 bits per heavy atom. The molecule has 3 aromatic rings. The van der Waals surface area contributed by atoms with Crippen LogP contribution in [0.4, 0.5) is 5.13 Å². The maximum absolute atomic E-state index is 13.0. The molecule has 0 bridgehead atoms. The van der Waals surface area contributed by atoms with Gasteiger partial charge in [-0.3, -0.25) is 14.9 Å². The average Bonchev–Trinajstić information content (AvgIpc) is 3.31. The van der Waals surface area contributed by atoms with Crippen LogP contribution >= 0.6 is 23.1 Å². The second kappa shape index (κ2) is 14.5. The van der Waals surface area contributed by atoms with E-state index >= 15 is 0 Å². The van der Waals surface area contributed by atoms with Gasteiger partial charge in [-0.15, -0.1) is 11.8 Å². The number of carbonyl (C=O) groups is 2. The molecule has 1 N–H and O–H groups in total. The van der Waals surface area contributed by atoms with Gasteiger partial charge in [-0.25, -0.2) is 4.98 Å². The molecule has 8 nitrogen and oxygen atoms in total. The van der Waals surface area contributed by atoms with Crippen molar-refractivity contribution in [2.24, 2.45) is 0 Å². The summed E-state index contributed by atoms with van der Waals surface area (Å²) in [5.41, 5.74) is 1.54. The lowest BCUT2D eigenvalue weighted by molar-refractivity contribution is -0.139. The van der Waals surface area contributed by atoms with Crippen molar-refractivity contribution in [1.29, 1.82) is 0 Å². The molecule has 0 aliphatic carbocycles. The van der Waals surface area contributed by atoms with E-state index in [-0.39, 0.29) is 23.7 Å². The standard InChI is InChI=1S/C26H30N2O6S2/c1-4-32-23(29)17-35-24-15-27-26(36-24)28-25(30)20-12-21(14-22(13-20)34-18(2)16-31-3)33-11-10-19-8-6-5-7-9-19/h5-9,12-15,18H,4,10-11,16-17H2,1-3H3,(H,27,28,30)/t18-/m0/s1. The first-order valence-corrected chi connectivity index (χ1v) is 13.3. The van der Waals surface area contributed by atoms with E-state index in [4.69, 9.17) is 18.9 Å². The van der Waals surface area contributed by atoms with Gasteiger partial charge in [-0.2, -0.15) is 0 Å². The van der Waals surface area contributed by atoms with Crippen molar-refractivity contribution in [3.63, 3.8) is 0 Å². The fourth-order valence-electron chi connectivity index (χ4n) is 3.17. The number of rotatable bonds is 14. The normalized spacial score (nSPS) is 11.5. The highest BCUT2D eigenvalue weighted by Crippen LogP contribution is 2.29. The van der Waals surface area contributed by atoms with Gasteiger partial charge in [0.25, 0.3) is 5.91 Å². The van der Waals surface area contributed by atoms with E-state index < -0.39 is 0 Å². The summed E-state index contributed by atoms with van der Waals surface area (Å²) in [5, 5.41) is 3.24. The molecule has 2 aromatic carbocycles. The van der Waals surface area contributed by atoms with Crippen molar-refractivity contribution in [2.45, 2.75) is 30.6 Å². The molecule has 0 aliphatic rings. The van der Waals surface area contributed by atoms with Gasteiger partial charge in [-0.1, -0.05) is 41.7 Å². The molecule has 36 heavy (non-hydrogen) atoms. The zero-order valence-corrected chi connectivity index (χ0v) is 22.2.